The number of ether oxygens (including phenoxy) is 1. The van der Waals surface area contributed by atoms with Crippen LogP contribution in [-0.4, -0.2) is 25.6 Å². The van der Waals surface area contributed by atoms with Gasteiger partial charge in [-0.1, -0.05) is 17.7 Å². The molecule has 0 aliphatic heterocycles. The molecule has 1 rings (SSSR count). The smallest absolute Gasteiger partial charge is 0.223 e. The van der Waals surface area contributed by atoms with E-state index >= 15 is 0 Å². The standard InChI is InChI=1S/C15H24N2O2.ClH/c1-12-5-6-14(13(2)11-12)19-10-7-15(18)17-9-4-3-8-16;/h5-6,11H,3-4,7-10,16H2,1-2H3,(H,17,18);1H. The van der Waals surface area contributed by atoms with Crippen molar-refractivity contribution < 1.29 is 9.53 Å². The molecule has 0 radical (unpaired) electrons. The average Bonchev–Trinajstić information content (AvgIpc) is 2.37. The fourth-order valence-electron chi connectivity index (χ4n) is 1.80. The van der Waals surface area contributed by atoms with E-state index in [9.17, 15) is 4.79 Å². The first-order chi connectivity index (χ1) is 9.13. The first-order valence-corrected chi connectivity index (χ1v) is 6.80. The number of hydrogen-bond donors (Lipinski definition) is 2. The fraction of sp³-hybridized carbons (Fsp3) is 0.533. The molecule has 20 heavy (non-hydrogen) atoms. The van der Waals surface area contributed by atoms with Crippen LogP contribution in [0.3, 0.4) is 0 Å². The third kappa shape index (κ3) is 7.36. The van der Waals surface area contributed by atoms with Gasteiger partial charge in [0.05, 0.1) is 13.0 Å². The third-order valence-electron chi connectivity index (χ3n) is 2.87. The summed E-state index contributed by atoms with van der Waals surface area (Å²) in [6.45, 7) is 5.83. The van der Waals surface area contributed by atoms with Crippen LogP contribution < -0.4 is 15.8 Å². The minimum Gasteiger partial charge on any atom is -0.493 e. The molecule has 1 aromatic carbocycles. The van der Waals surface area contributed by atoms with Crippen molar-refractivity contribution in [1.29, 1.82) is 0 Å². The van der Waals surface area contributed by atoms with E-state index in [1.54, 1.807) is 0 Å². The average molecular weight is 301 g/mol. The summed E-state index contributed by atoms with van der Waals surface area (Å²) in [5.74, 6) is 0.878. The van der Waals surface area contributed by atoms with Crippen LogP contribution in [0.5, 0.6) is 5.75 Å². The SMILES string of the molecule is Cc1ccc(OCCC(=O)NCCCCN)c(C)c1.Cl. The predicted octanol–water partition coefficient (Wildman–Crippen LogP) is 2.35. The van der Waals surface area contributed by atoms with Gasteiger partial charge in [-0.3, -0.25) is 4.79 Å². The molecule has 0 aliphatic rings. The molecule has 0 aromatic heterocycles. The second-order valence-corrected chi connectivity index (χ2v) is 4.71. The Hall–Kier alpha value is -1.26. The Morgan fingerprint density at radius 1 is 1.30 bits per heavy atom. The summed E-state index contributed by atoms with van der Waals surface area (Å²) in [6, 6.07) is 6.03. The Bertz CT molecular complexity index is 411. The Kier molecular flexibility index (Phi) is 9.86. The molecule has 4 nitrogen and oxygen atoms in total. The topological polar surface area (TPSA) is 64.3 Å². The lowest BCUT2D eigenvalue weighted by Gasteiger charge is -2.10. The Morgan fingerprint density at radius 3 is 2.70 bits per heavy atom. The maximum atomic E-state index is 11.5. The van der Waals surface area contributed by atoms with Gasteiger partial charge in [-0.15, -0.1) is 12.4 Å². The monoisotopic (exact) mass is 300 g/mol. The highest BCUT2D eigenvalue weighted by Gasteiger charge is 2.03. The first kappa shape index (κ1) is 18.7. The number of hydrogen-bond acceptors (Lipinski definition) is 3. The molecular formula is C15H25ClN2O2. The van der Waals surface area contributed by atoms with Crippen molar-refractivity contribution >= 4 is 18.3 Å². The van der Waals surface area contributed by atoms with Crippen molar-refractivity contribution in [3.8, 4) is 5.75 Å². The van der Waals surface area contributed by atoms with E-state index in [-0.39, 0.29) is 18.3 Å². The van der Waals surface area contributed by atoms with Crippen LogP contribution in [0, 0.1) is 13.8 Å². The molecule has 0 aliphatic carbocycles. The minimum absolute atomic E-state index is 0. The summed E-state index contributed by atoms with van der Waals surface area (Å²) in [7, 11) is 0. The van der Waals surface area contributed by atoms with Crippen LogP contribution >= 0.6 is 12.4 Å². The molecule has 114 valence electrons. The van der Waals surface area contributed by atoms with E-state index in [1.165, 1.54) is 5.56 Å². The number of benzene rings is 1. The zero-order chi connectivity index (χ0) is 14.1. The molecule has 0 heterocycles. The van der Waals surface area contributed by atoms with E-state index in [2.05, 4.69) is 11.4 Å². The summed E-state index contributed by atoms with van der Waals surface area (Å²) in [5.41, 5.74) is 7.69. The largest absolute Gasteiger partial charge is 0.493 e. The molecule has 0 spiro atoms. The second kappa shape index (κ2) is 10.5. The van der Waals surface area contributed by atoms with Gasteiger partial charge in [-0.25, -0.2) is 0 Å². The van der Waals surface area contributed by atoms with Gasteiger partial charge in [0.2, 0.25) is 5.91 Å². The number of carbonyl (C=O) groups excluding carboxylic acids is 1. The minimum atomic E-state index is 0. The van der Waals surface area contributed by atoms with Gasteiger partial charge in [-0.2, -0.15) is 0 Å². The molecule has 1 amide bonds. The number of aryl methyl sites for hydroxylation is 2. The molecule has 0 bridgehead atoms. The van der Waals surface area contributed by atoms with Crippen molar-refractivity contribution in [3.63, 3.8) is 0 Å². The zero-order valence-corrected chi connectivity index (χ0v) is 13.1. The number of unbranched alkanes of at least 4 members (excludes halogenated alkanes) is 1. The predicted molar refractivity (Wildman–Crippen MR) is 84.6 cm³/mol. The molecule has 3 N–H and O–H groups in total. The normalized spacial score (nSPS) is 9.75. The third-order valence-corrected chi connectivity index (χ3v) is 2.87. The first-order valence-electron chi connectivity index (χ1n) is 6.80. The van der Waals surface area contributed by atoms with Crippen molar-refractivity contribution in [2.75, 3.05) is 19.7 Å². The maximum Gasteiger partial charge on any atom is 0.223 e. The molecule has 0 unspecified atom stereocenters. The van der Waals surface area contributed by atoms with E-state index in [1.807, 2.05) is 26.0 Å². The number of carbonyl (C=O) groups is 1. The highest BCUT2D eigenvalue weighted by molar-refractivity contribution is 5.85. The van der Waals surface area contributed by atoms with E-state index in [0.717, 1.165) is 24.2 Å². The molecule has 0 fully saturated rings. The van der Waals surface area contributed by atoms with Gasteiger partial charge in [0.25, 0.3) is 0 Å². The van der Waals surface area contributed by atoms with Crippen molar-refractivity contribution in [3.05, 3.63) is 29.3 Å². The van der Waals surface area contributed by atoms with E-state index in [4.69, 9.17) is 10.5 Å². The number of nitrogens with one attached hydrogen (secondary N) is 1. The fourth-order valence-corrected chi connectivity index (χ4v) is 1.80. The molecular weight excluding hydrogens is 276 g/mol. The maximum absolute atomic E-state index is 11.5. The quantitative estimate of drug-likeness (QED) is 0.724. The highest BCUT2D eigenvalue weighted by atomic mass is 35.5. The van der Waals surface area contributed by atoms with E-state index in [0.29, 0.717) is 26.1 Å². The molecule has 0 saturated carbocycles. The molecule has 1 aromatic rings. The Labute approximate surface area is 127 Å². The van der Waals surface area contributed by atoms with Crippen molar-refractivity contribution in [2.24, 2.45) is 5.73 Å². The van der Waals surface area contributed by atoms with Gasteiger partial charge in [0.1, 0.15) is 5.75 Å². The summed E-state index contributed by atoms with van der Waals surface area (Å²) in [5, 5.41) is 2.85. The van der Waals surface area contributed by atoms with Gasteiger partial charge in [0.15, 0.2) is 0 Å². The van der Waals surface area contributed by atoms with Crippen LogP contribution in [0.4, 0.5) is 0 Å². The van der Waals surface area contributed by atoms with Gasteiger partial charge in [-0.05, 0) is 44.9 Å². The summed E-state index contributed by atoms with van der Waals surface area (Å²) >= 11 is 0. The number of nitrogens with two attached hydrogens (primary N) is 1. The Balaban J connectivity index is 0.00000361. The number of halogens is 1. The molecule has 0 atom stereocenters. The Morgan fingerprint density at radius 2 is 2.05 bits per heavy atom. The molecule has 5 heteroatoms. The van der Waals surface area contributed by atoms with Crippen LogP contribution in [0.1, 0.15) is 30.4 Å². The lowest BCUT2D eigenvalue weighted by molar-refractivity contribution is -0.121. The second-order valence-electron chi connectivity index (χ2n) is 4.71. The summed E-state index contributed by atoms with van der Waals surface area (Å²) in [4.78, 5) is 11.5. The zero-order valence-electron chi connectivity index (χ0n) is 12.3. The van der Waals surface area contributed by atoms with Gasteiger partial charge >= 0.3 is 0 Å². The van der Waals surface area contributed by atoms with Crippen LogP contribution in [0.25, 0.3) is 0 Å². The van der Waals surface area contributed by atoms with Crippen LogP contribution in [0.15, 0.2) is 18.2 Å². The van der Waals surface area contributed by atoms with Gasteiger partial charge in [0, 0.05) is 6.54 Å². The summed E-state index contributed by atoms with van der Waals surface area (Å²) < 4.78 is 5.61. The van der Waals surface area contributed by atoms with Crippen molar-refractivity contribution in [2.45, 2.75) is 33.1 Å². The van der Waals surface area contributed by atoms with Crippen LogP contribution in [-0.2, 0) is 4.79 Å². The summed E-state index contributed by atoms with van der Waals surface area (Å²) in [6.07, 6.45) is 2.26. The number of rotatable bonds is 8. The highest BCUT2D eigenvalue weighted by Crippen LogP contribution is 2.18. The van der Waals surface area contributed by atoms with Crippen LogP contribution in [0.2, 0.25) is 0 Å². The van der Waals surface area contributed by atoms with Crippen molar-refractivity contribution in [1.82, 2.24) is 5.32 Å². The van der Waals surface area contributed by atoms with Gasteiger partial charge < -0.3 is 15.8 Å². The van der Waals surface area contributed by atoms with E-state index < -0.39 is 0 Å². The number of amides is 1. The lowest BCUT2D eigenvalue weighted by atomic mass is 10.1. The molecule has 0 saturated heterocycles. The lowest BCUT2D eigenvalue weighted by Crippen LogP contribution is -2.26.